The van der Waals surface area contributed by atoms with Gasteiger partial charge in [-0.15, -0.1) is 0 Å². The first-order chi connectivity index (χ1) is 12.7. The Morgan fingerprint density at radius 3 is 1.93 bits per heavy atom. The van der Waals surface area contributed by atoms with Crippen molar-refractivity contribution in [2.45, 2.75) is 89.6 Å². The van der Waals surface area contributed by atoms with E-state index in [1.165, 1.54) is 64.2 Å². The van der Waals surface area contributed by atoms with Crippen molar-refractivity contribution in [3.05, 3.63) is 24.3 Å². The van der Waals surface area contributed by atoms with Gasteiger partial charge >= 0.3 is 0 Å². The van der Waals surface area contributed by atoms with Crippen molar-refractivity contribution in [3.8, 4) is 0 Å². The summed E-state index contributed by atoms with van der Waals surface area (Å²) < 4.78 is 0.483. The molecule has 158 valence electrons. The first-order valence-corrected chi connectivity index (χ1v) is 10.8. The van der Waals surface area contributed by atoms with E-state index in [4.69, 9.17) is 0 Å². The Morgan fingerprint density at radius 1 is 0.926 bits per heavy atom. The van der Waals surface area contributed by atoms with E-state index < -0.39 is 11.6 Å². The molecular formula is C23H43NO3. The number of carboxylic acid groups (broad SMARTS) is 1. The van der Waals surface area contributed by atoms with Gasteiger partial charge < -0.3 is 19.5 Å². The number of carbonyl (C=O) groups is 1. The van der Waals surface area contributed by atoms with Gasteiger partial charge in [-0.25, -0.2) is 0 Å². The lowest BCUT2D eigenvalue weighted by atomic mass is 9.97. The van der Waals surface area contributed by atoms with E-state index in [1.54, 1.807) is 12.2 Å². The maximum absolute atomic E-state index is 10.9. The van der Waals surface area contributed by atoms with Crippen LogP contribution in [0.2, 0.25) is 0 Å². The van der Waals surface area contributed by atoms with Gasteiger partial charge in [0, 0.05) is 12.4 Å². The number of carboxylic acids is 1. The largest absolute Gasteiger partial charge is 0.550 e. The molecule has 0 heterocycles. The number of rotatable bonds is 17. The lowest BCUT2D eigenvalue weighted by Crippen LogP contribution is -2.50. The lowest BCUT2D eigenvalue weighted by Gasteiger charge is -2.34. The second-order valence-electron chi connectivity index (χ2n) is 8.86. The highest BCUT2D eigenvalue weighted by Gasteiger charge is 2.30. The van der Waals surface area contributed by atoms with Crippen molar-refractivity contribution in [2.24, 2.45) is 0 Å². The molecule has 0 amide bonds. The summed E-state index contributed by atoms with van der Waals surface area (Å²) in [4.78, 5) is 10.9. The van der Waals surface area contributed by atoms with Crippen LogP contribution in [-0.4, -0.2) is 48.8 Å². The summed E-state index contributed by atoms with van der Waals surface area (Å²) in [5.74, 6) is -1.23. The van der Waals surface area contributed by atoms with Crippen LogP contribution in [0.15, 0.2) is 24.3 Å². The molecule has 0 aromatic carbocycles. The number of quaternary nitrogens is 1. The van der Waals surface area contributed by atoms with Crippen molar-refractivity contribution in [3.63, 3.8) is 0 Å². The van der Waals surface area contributed by atoms with Gasteiger partial charge in [0.25, 0.3) is 0 Å². The van der Waals surface area contributed by atoms with E-state index in [-0.39, 0.29) is 6.42 Å². The van der Waals surface area contributed by atoms with Crippen LogP contribution < -0.4 is 5.11 Å². The molecule has 0 saturated carbocycles. The summed E-state index contributed by atoms with van der Waals surface area (Å²) in [5, 5.41) is 21.5. The molecule has 0 aliphatic rings. The maximum atomic E-state index is 10.9. The summed E-state index contributed by atoms with van der Waals surface area (Å²) in [6.45, 7) is 2.58. The summed E-state index contributed by atoms with van der Waals surface area (Å²) >= 11 is 0. The van der Waals surface area contributed by atoms with Gasteiger partial charge in [-0.2, -0.15) is 0 Å². The van der Waals surface area contributed by atoms with Gasteiger partial charge in [0.1, 0.15) is 12.1 Å². The van der Waals surface area contributed by atoms with Crippen molar-refractivity contribution in [1.29, 1.82) is 0 Å². The van der Waals surface area contributed by atoms with E-state index in [1.807, 2.05) is 27.2 Å². The topological polar surface area (TPSA) is 60.4 Å². The zero-order chi connectivity index (χ0) is 20.6. The van der Waals surface area contributed by atoms with Crippen LogP contribution in [0.4, 0.5) is 0 Å². The molecule has 0 aromatic rings. The zero-order valence-corrected chi connectivity index (χ0v) is 18.2. The van der Waals surface area contributed by atoms with E-state index >= 15 is 0 Å². The average Bonchev–Trinajstić information content (AvgIpc) is 2.52. The fourth-order valence-corrected chi connectivity index (χ4v) is 3.40. The fraction of sp³-hybridized carbons (Fsp3) is 0.783. The van der Waals surface area contributed by atoms with Crippen LogP contribution in [-0.2, 0) is 4.79 Å². The smallest absolute Gasteiger partial charge is 0.137 e. The Hall–Kier alpha value is -1.13. The van der Waals surface area contributed by atoms with E-state index in [0.717, 1.165) is 6.42 Å². The first kappa shape index (κ1) is 25.9. The number of allylic oxidation sites excluding steroid dienone is 3. The third-order valence-electron chi connectivity index (χ3n) is 4.58. The van der Waals surface area contributed by atoms with Crippen molar-refractivity contribution < 1.29 is 19.5 Å². The number of aliphatic carboxylic acids is 1. The van der Waals surface area contributed by atoms with Crippen LogP contribution in [0.25, 0.3) is 0 Å². The van der Waals surface area contributed by atoms with Crippen LogP contribution in [0.5, 0.6) is 0 Å². The highest BCUT2D eigenvalue weighted by Crippen LogP contribution is 2.16. The zero-order valence-electron chi connectivity index (χ0n) is 18.2. The molecule has 4 nitrogen and oxygen atoms in total. The number of aliphatic hydroxyl groups is 1. The second kappa shape index (κ2) is 14.9. The molecule has 0 bridgehead atoms. The van der Waals surface area contributed by atoms with Crippen LogP contribution in [0.1, 0.15) is 84.0 Å². The Balaban J connectivity index is 3.93. The number of carbonyl (C=O) groups excluding carboxylic acids is 1. The van der Waals surface area contributed by atoms with Crippen molar-refractivity contribution in [1.82, 2.24) is 0 Å². The number of unbranched alkanes of at least 4 members (excludes halogenated alkanes) is 10. The highest BCUT2D eigenvalue weighted by atomic mass is 16.4. The van der Waals surface area contributed by atoms with Gasteiger partial charge in [0.05, 0.1) is 21.1 Å². The molecule has 0 aromatic heterocycles. The van der Waals surface area contributed by atoms with E-state index in [2.05, 4.69) is 13.0 Å². The van der Waals surface area contributed by atoms with Crippen LogP contribution in [0.3, 0.4) is 0 Å². The molecule has 0 radical (unpaired) electrons. The molecule has 0 aliphatic carbocycles. The molecule has 0 fully saturated rings. The van der Waals surface area contributed by atoms with Crippen molar-refractivity contribution >= 4 is 5.97 Å². The number of hydrogen-bond donors (Lipinski definition) is 1. The molecule has 4 heteroatoms. The van der Waals surface area contributed by atoms with Gasteiger partial charge in [0.2, 0.25) is 0 Å². The van der Waals surface area contributed by atoms with Gasteiger partial charge in [-0.05, 0) is 18.9 Å². The maximum Gasteiger partial charge on any atom is 0.137 e. The first-order valence-electron chi connectivity index (χ1n) is 10.8. The third kappa shape index (κ3) is 18.0. The number of likely N-dealkylation sites (N-methyl/N-ethyl adjacent to an activating group) is 1. The van der Waals surface area contributed by atoms with Crippen LogP contribution >= 0.6 is 0 Å². The number of nitrogens with zero attached hydrogens (tertiary/aromatic N) is 1. The molecule has 27 heavy (non-hydrogen) atoms. The average molecular weight is 382 g/mol. The summed E-state index contributed by atoms with van der Waals surface area (Å²) in [6.07, 6.45) is 21.3. The minimum Gasteiger partial charge on any atom is -0.550 e. The quantitative estimate of drug-likeness (QED) is 0.235. The SMILES string of the molecule is CCCCCCCCCCCCC=CC=CC(O)(CC(=O)[O-])C[N+](C)(C)C. The molecule has 0 spiro atoms. The monoisotopic (exact) mass is 381 g/mol. The molecular weight excluding hydrogens is 338 g/mol. The summed E-state index contributed by atoms with van der Waals surface area (Å²) in [6, 6.07) is 0. The standard InChI is InChI=1S/C23H43NO3/c1-5-6-7-8-9-10-11-12-13-14-15-16-17-18-19-23(27,20-22(25)26)21-24(2,3)4/h16-19,27H,5-15,20-21H2,1-4H3. The second-order valence-corrected chi connectivity index (χ2v) is 8.86. The lowest BCUT2D eigenvalue weighted by molar-refractivity contribution is -0.876. The Morgan fingerprint density at radius 2 is 1.44 bits per heavy atom. The third-order valence-corrected chi connectivity index (χ3v) is 4.58. The summed E-state index contributed by atoms with van der Waals surface area (Å²) in [5.41, 5.74) is -1.38. The molecule has 0 rings (SSSR count). The molecule has 0 aliphatic heterocycles. The predicted octanol–water partition coefficient (Wildman–Crippen LogP) is 3.99. The van der Waals surface area contributed by atoms with Crippen LogP contribution in [0, 0.1) is 0 Å². The minimum absolute atomic E-state index is 0.323. The van der Waals surface area contributed by atoms with E-state index in [0.29, 0.717) is 11.0 Å². The van der Waals surface area contributed by atoms with Gasteiger partial charge in [-0.3, -0.25) is 0 Å². The number of hydrogen-bond acceptors (Lipinski definition) is 3. The Labute approximate surface area is 167 Å². The molecule has 1 N–H and O–H groups in total. The Bertz CT molecular complexity index is 437. The predicted molar refractivity (Wildman–Crippen MR) is 112 cm³/mol. The van der Waals surface area contributed by atoms with E-state index in [9.17, 15) is 15.0 Å². The highest BCUT2D eigenvalue weighted by molar-refractivity contribution is 5.66. The fourth-order valence-electron chi connectivity index (χ4n) is 3.40. The Kier molecular flexibility index (Phi) is 14.2. The molecule has 1 unspecified atom stereocenters. The minimum atomic E-state index is -1.38. The summed E-state index contributed by atoms with van der Waals surface area (Å²) in [7, 11) is 5.78. The molecule has 1 atom stereocenters. The molecule has 0 saturated heterocycles. The normalized spacial score (nSPS) is 14.9. The van der Waals surface area contributed by atoms with Gasteiger partial charge in [0.15, 0.2) is 0 Å². The van der Waals surface area contributed by atoms with Crippen molar-refractivity contribution in [2.75, 3.05) is 27.7 Å². The van der Waals surface area contributed by atoms with Gasteiger partial charge in [-0.1, -0.05) is 82.9 Å².